The fraction of sp³-hybridized carbons (Fsp3) is 0.182. The van der Waals surface area contributed by atoms with Gasteiger partial charge in [0.1, 0.15) is 0 Å². The van der Waals surface area contributed by atoms with Gasteiger partial charge in [-0.3, -0.25) is 14.9 Å². The molecule has 0 aliphatic heterocycles. The number of aryl methyl sites for hydroxylation is 1. The van der Waals surface area contributed by atoms with Gasteiger partial charge < -0.3 is 5.32 Å². The second kappa shape index (κ2) is 7.97. The molecule has 0 saturated carbocycles. The Kier molecular flexibility index (Phi) is 5.02. The zero-order chi connectivity index (χ0) is 20.5. The van der Waals surface area contributed by atoms with Crippen molar-refractivity contribution >= 4 is 55.0 Å². The first-order valence-corrected chi connectivity index (χ1v) is 11.3. The summed E-state index contributed by atoms with van der Waals surface area (Å²) in [5, 5.41) is 6.97. The van der Waals surface area contributed by atoms with Gasteiger partial charge in [-0.05, 0) is 43.5 Å². The van der Waals surface area contributed by atoms with Gasteiger partial charge in [0.2, 0.25) is 5.91 Å². The molecule has 30 heavy (non-hydrogen) atoms. The normalized spacial score (nSPS) is 15.5. The molecule has 4 aromatic rings. The zero-order valence-corrected chi connectivity index (χ0v) is 17.6. The van der Waals surface area contributed by atoms with E-state index in [9.17, 15) is 9.59 Å². The summed E-state index contributed by atoms with van der Waals surface area (Å²) in [7, 11) is 0. The van der Waals surface area contributed by atoms with Crippen LogP contribution >= 0.6 is 22.7 Å². The lowest BCUT2D eigenvalue weighted by atomic mass is 9.90. The van der Waals surface area contributed by atoms with Gasteiger partial charge in [-0.25, -0.2) is 9.97 Å². The molecule has 2 N–H and O–H groups in total. The third-order valence-electron chi connectivity index (χ3n) is 5.05. The number of carbonyl (C=O) groups excluding carboxylic acids is 2. The Labute approximate surface area is 181 Å². The molecule has 0 fully saturated rings. The molecule has 2 aromatic carbocycles. The molecule has 0 radical (unpaired) electrons. The minimum atomic E-state index is -0.334. The predicted molar refractivity (Wildman–Crippen MR) is 120 cm³/mol. The number of fused-ring (bicyclic) bond motifs is 2. The summed E-state index contributed by atoms with van der Waals surface area (Å²) in [6, 6.07) is 16.9. The maximum atomic E-state index is 13.0. The topological polar surface area (TPSA) is 84.0 Å². The standard InChI is InChI=1S/C22H18N4O2S2/c27-19(13-7-2-1-3-8-13)25-22-24-18-14(9-6-12-17(18)30-22)20(28)26-21-23-15-10-4-5-11-16(15)29-21/h1-5,7-8,10-11,14H,6,9,12H2,(H,23,26,28)(H,24,25,27). The Morgan fingerprint density at radius 2 is 1.67 bits per heavy atom. The molecular formula is C22H18N4O2S2. The Morgan fingerprint density at radius 1 is 0.900 bits per heavy atom. The van der Waals surface area contributed by atoms with Crippen LogP contribution in [0.4, 0.5) is 10.3 Å². The molecule has 0 bridgehead atoms. The molecular weight excluding hydrogens is 416 g/mol. The Morgan fingerprint density at radius 3 is 2.50 bits per heavy atom. The number of amides is 2. The summed E-state index contributed by atoms with van der Waals surface area (Å²) in [6.45, 7) is 0. The highest BCUT2D eigenvalue weighted by molar-refractivity contribution is 7.22. The van der Waals surface area contributed by atoms with Crippen LogP contribution in [0.15, 0.2) is 54.6 Å². The molecule has 1 aliphatic rings. The maximum absolute atomic E-state index is 13.0. The fourth-order valence-electron chi connectivity index (χ4n) is 3.60. The first-order chi connectivity index (χ1) is 14.7. The van der Waals surface area contributed by atoms with Crippen molar-refractivity contribution in [1.29, 1.82) is 0 Å². The van der Waals surface area contributed by atoms with Gasteiger partial charge in [0.25, 0.3) is 5.91 Å². The van der Waals surface area contributed by atoms with E-state index in [-0.39, 0.29) is 17.7 Å². The maximum Gasteiger partial charge on any atom is 0.257 e. The monoisotopic (exact) mass is 434 g/mol. The van der Waals surface area contributed by atoms with E-state index in [1.54, 1.807) is 12.1 Å². The van der Waals surface area contributed by atoms with Gasteiger partial charge in [-0.2, -0.15) is 0 Å². The van der Waals surface area contributed by atoms with Gasteiger partial charge in [-0.15, -0.1) is 11.3 Å². The number of thiazole rings is 2. The minimum absolute atomic E-state index is 0.0961. The first kappa shape index (κ1) is 18.9. The minimum Gasteiger partial charge on any atom is -0.301 e. The highest BCUT2D eigenvalue weighted by Gasteiger charge is 2.31. The van der Waals surface area contributed by atoms with Crippen LogP contribution in [0.3, 0.4) is 0 Å². The molecule has 6 nitrogen and oxygen atoms in total. The number of nitrogens with one attached hydrogen (secondary N) is 2. The molecule has 0 spiro atoms. The van der Waals surface area contributed by atoms with E-state index in [0.717, 1.165) is 40.1 Å². The van der Waals surface area contributed by atoms with E-state index in [1.165, 1.54) is 22.7 Å². The molecule has 0 saturated heterocycles. The van der Waals surface area contributed by atoms with Crippen molar-refractivity contribution in [1.82, 2.24) is 9.97 Å². The number of hydrogen-bond donors (Lipinski definition) is 2. The van der Waals surface area contributed by atoms with Crippen molar-refractivity contribution in [2.45, 2.75) is 25.2 Å². The second-order valence-corrected chi connectivity index (χ2v) is 9.18. The van der Waals surface area contributed by atoms with Crippen LogP contribution in [0.5, 0.6) is 0 Å². The van der Waals surface area contributed by atoms with Crippen molar-refractivity contribution in [3.05, 3.63) is 70.7 Å². The van der Waals surface area contributed by atoms with Gasteiger partial charge in [0, 0.05) is 10.4 Å². The van der Waals surface area contributed by atoms with Gasteiger partial charge in [0.05, 0.1) is 21.8 Å². The van der Waals surface area contributed by atoms with Crippen LogP contribution in [0.1, 0.15) is 39.7 Å². The highest BCUT2D eigenvalue weighted by Crippen LogP contribution is 2.38. The number of rotatable bonds is 4. The average Bonchev–Trinajstić information content (AvgIpc) is 3.36. The lowest BCUT2D eigenvalue weighted by Crippen LogP contribution is -2.24. The third kappa shape index (κ3) is 3.71. The van der Waals surface area contributed by atoms with Crippen LogP contribution < -0.4 is 10.6 Å². The Hall–Kier alpha value is -3.10. The second-order valence-electron chi connectivity index (χ2n) is 7.07. The molecule has 2 heterocycles. The number of anilines is 2. The average molecular weight is 435 g/mol. The smallest absolute Gasteiger partial charge is 0.257 e. The lowest BCUT2D eigenvalue weighted by Gasteiger charge is -2.19. The Balaban J connectivity index is 1.34. The first-order valence-electron chi connectivity index (χ1n) is 9.70. The van der Waals surface area contributed by atoms with E-state index in [2.05, 4.69) is 20.6 Å². The zero-order valence-electron chi connectivity index (χ0n) is 15.9. The van der Waals surface area contributed by atoms with Crippen molar-refractivity contribution in [3.63, 3.8) is 0 Å². The molecule has 1 aliphatic carbocycles. The van der Waals surface area contributed by atoms with Crippen molar-refractivity contribution in [3.8, 4) is 0 Å². The number of carbonyl (C=O) groups is 2. The van der Waals surface area contributed by atoms with E-state index in [0.29, 0.717) is 15.8 Å². The van der Waals surface area contributed by atoms with Crippen molar-refractivity contribution in [2.75, 3.05) is 10.6 Å². The summed E-state index contributed by atoms with van der Waals surface area (Å²) in [5.74, 6) is -0.627. The van der Waals surface area contributed by atoms with Crippen LogP contribution in [0.2, 0.25) is 0 Å². The molecule has 1 unspecified atom stereocenters. The van der Waals surface area contributed by atoms with E-state index in [1.807, 2.05) is 42.5 Å². The molecule has 2 aromatic heterocycles. The summed E-state index contributed by atoms with van der Waals surface area (Å²) >= 11 is 2.92. The van der Waals surface area contributed by atoms with Gasteiger partial charge >= 0.3 is 0 Å². The van der Waals surface area contributed by atoms with E-state index < -0.39 is 0 Å². The Bertz CT molecular complexity index is 1200. The summed E-state index contributed by atoms with van der Waals surface area (Å²) in [4.78, 5) is 35.6. The molecule has 8 heteroatoms. The predicted octanol–water partition coefficient (Wildman–Crippen LogP) is 5.06. The lowest BCUT2D eigenvalue weighted by molar-refractivity contribution is -0.117. The van der Waals surface area contributed by atoms with Crippen molar-refractivity contribution in [2.24, 2.45) is 0 Å². The number of benzene rings is 2. The van der Waals surface area contributed by atoms with Gasteiger partial charge in [0.15, 0.2) is 10.3 Å². The van der Waals surface area contributed by atoms with Crippen LogP contribution in [-0.4, -0.2) is 21.8 Å². The highest BCUT2D eigenvalue weighted by atomic mass is 32.1. The van der Waals surface area contributed by atoms with Crippen molar-refractivity contribution < 1.29 is 9.59 Å². The fourth-order valence-corrected chi connectivity index (χ4v) is 5.53. The number of aromatic nitrogens is 2. The molecule has 2 amide bonds. The van der Waals surface area contributed by atoms with E-state index >= 15 is 0 Å². The SMILES string of the molecule is O=C(Nc1nc2c(s1)CCCC2C(=O)Nc1nc2ccccc2s1)c1ccccc1. The van der Waals surface area contributed by atoms with Crippen LogP contribution in [-0.2, 0) is 11.2 Å². The third-order valence-corrected chi connectivity index (χ3v) is 7.05. The largest absolute Gasteiger partial charge is 0.301 e. The summed E-state index contributed by atoms with van der Waals surface area (Å²) in [5.41, 5.74) is 2.23. The van der Waals surface area contributed by atoms with E-state index in [4.69, 9.17) is 0 Å². The van der Waals surface area contributed by atoms with Gasteiger partial charge in [-0.1, -0.05) is 41.7 Å². The number of nitrogens with zero attached hydrogens (tertiary/aromatic N) is 2. The number of para-hydroxylation sites is 1. The molecule has 150 valence electrons. The number of hydrogen-bond acceptors (Lipinski definition) is 6. The summed E-state index contributed by atoms with van der Waals surface area (Å²) in [6.07, 6.45) is 2.53. The quantitative estimate of drug-likeness (QED) is 0.470. The van der Waals surface area contributed by atoms with Crippen LogP contribution in [0.25, 0.3) is 10.2 Å². The summed E-state index contributed by atoms with van der Waals surface area (Å²) < 4.78 is 1.04. The molecule has 1 atom stereocenters. The molecule has 5 rings (SSSR count). The van der Waals surface area contributed by atoms with Crippen LogP contribution in [0, 0.1) is 0 Å².